The molecule has 0 spiro atoms. The summed E-state index contributed by atoms with van der Waals surface area (Å²) >= 11 is 6.17. The zero-order valence-electron chi connectivity index (χ0n) is 14.9. The number of hydrogen-bond donors (Lipinski definition) is 1. The van der Waals surface area contributed by atoms with E-state index >= 15 is 0 Å². The van der Waals surface area contributed by atoms with Gasteiger partial charge in [-0.05, 0) is 36.2 Å². The zero-order valence-corrected chi connectivity index (χ0v) is 15.7. The average Bonchev–Trinajstić information content (AvgIpc) is 2.66. The Balaban J connectivity index is 1.46. The predicted octanol–water partition coefficient (Wildman–Crippen LogP) is 3.71. The van der Waals surface area contributed by atoms with Crippen LogP contribution in [0.15, 0.2) is 30.3 Å². The molecule has 148 valence electrons. The molecule has 8 heteroatoms. The van der Waals surface area contributed by atoms with Crippen molar-refractivity contribution in [3.63, 3.8) is 0 Å². The molecule has 2 aromatic carbocycles. The Morgan fingerprint density at radius 1 is 1.07 bits per heavy atom. The second-order valence-electron chi connectivity index (χ2n) is 6.25. The molecular weight excluding hydrogens is 392 g/mol. The number of carbonyl (C=O) groups is 2. The fourth-order valence-corrected chi connectivity index (χ4v) is 3.11. The third-order valence-electron chi connectivity index (χ3n) is 4.20. The maximum Gasteiger partial charge on any atom is 0.220 e. The molecule has 1 amide bonds. The number of benzene rings is 2. The number of nitrogens with one attached hydrogen (secondary N) is 1. The lowest BCUT2D eigenvalue weighted by atomic mass is 10.1. The van der Waals surface area contributed by atoms with Gasteiger partial charge >= 0.3 is 0 Å². The van der Waals surface area contributed by atoms with Crippen molar-refractivity contribution in [3.8, 4) is 11.5 Å². The molecule has 28 heavy (non-hydrogen) atoms. The summed E-state index contributed by atoms with van der Waals surface area (Å²) in [6.07, 6.45) is 0.268. The van der Waals surface area contributed by atoms with Gasteiger partial charge in [-0.1, -0.05) is 11.6 Å². The van der Waals surface area contributed by atoms with Crippen LogP contribution in [-0.2, 0) is 11.2 Å². The smallest absolute Gasteiger partial charge is 0.220 e. The first-order chi connectivity index (χ1) is 13.4. The molecule has 1 aliphatic heterocycles. The molecule has 2 aromatic rings. The van der Waals surface area contributed by atoms with E-state index in [9.17, 15) is 18.4 Å². The van der Waals surface area contributed by atoms with Gasteiger partial charge in [0.05, 0.1) is 10.6 Å². The predicted molar refractivity (Wildman–Crippen MR) is 99.1 cm³/mol. The van der Waals surface area contributed by atoms with Crippen LogP contribution in [0.25, 0.3) is 0 Å². The van der Waals surface area contributed by atoms with Gasteiger partial charge < -0.3 is 14.8 Å². The number of ketones is 1. The molecule has 0 saturated carbocycles. The quantitative estimate of drug-likeness (QED) is 0.708. The number of ether oxygens (including phenoxy) is 2. The molecule has 0 atom stereocenters. The number of fused-ring (bicyclic) bond motifs is 1. The third kappa shape index (κ3) is 4.98. The van der Waals surface area contributed by atoms with Crippen LogP contribution in [0.1, 0.15) is 28.8 Å². The lowest BCUT2D eigenvalue weighted by Crippen LogP contribution is -2.26. The molecule has 1 heterocycles. The molecule has 0 unspecified atom stereocenters. The van der Waals surface area contributed by atoms with Crippen molar-refractivity contribution in [2.24, 2.45) is 0 Å². The normalized spacial score (nSPS) is 12.5. The van der Waals surface area contributed by atoms with E-state index in [1.165, 1.54) is 0 Å². The first-order valence-corrected chi connectivity index (χ1v) is 9.15. The Morgan fingerprint density at radius 2 is 1.86 bits per heavy atom. The molecule has 0 aromatic heterocycles. The van der Waals surface area contributed by atoms with Gasteiger partial charge in [0.1, 0.15) is 24.8 Å². The number of halogens is 3. The lowest BCUT2D eigenvalue weighted by molar-refractivity contribution is -0.121. The SMILES string of the molecule is O=C(CCC(=O)c1ccc(F)cc1F)NCCc1cc(Cl)c2c(c1)OCCO2. The van der Waals surface area contributed by atoms with Crippen molar-refractivity contribution in [1.29, 1.82) is 0 Å². The van der Waals surface area contributed by atoms with Crippen LogP contribution < -0.4 is 14.8 Å². The van der Waals surface area contributed by atoms with Crippen LogP contribution in [0.4, 0.5) is 8.78 Å². The number of rotatable bonds is 7. The van der Waals surface area contributed by atoms with Gasteiger partial charge in [-0.15, -0.1) is 0 Å². The van der Waals surface area contributed by atoms with E-state index in [0.717, 1.165) is 17.7 Å². The molecule has 1 N–H and O–H groups in total. The maximum absolute atomic E-state index is 13.6. The number of Topliss-reactive ketones (excluding diaryl/α,β-unsaturated/α-hetero) is 1. The van der Waals surface area contributed by atoms with E-state index in [0.29, 0.717) is 48.8 Å². The van der Waals surface area contributed by atoms with E-state index in [-0.39, 0.29) is 24.3 Å². The standard InChI is InChI=1S/C20H18ClF2NO4/c21-15-9-12(10-18-20(15)28-8-7-27-18)5-6-24-19(26)4-3-17(25)14-2-1-13(22)11-16(14)23/h1-2,9-11H,3-8H2,(H,24,26). The minimum Gasteiger partial charge on any atom is -0.486 e. The molecule has 0 fully saturated rings. The molecule has 0 saturated heterocycles. The molecular formula is C20H18ClF2NO4. The lowest BCUT2D eigenvalue weighted by Gasteiger charge is -2.20. The Morgan fingerprint density at radius 3 is 2.64 bits per heavy atom. The Labute approximate surface area is 165 Å². The summed E-state index contributed by atoms with van der Waals surface area (Å²) in [5.74, 6) is -1.48. The summed E-state index contributed by atoms with van der Waals surface area (Å²) in [5, 5.41) is 3.15. The first kappa shape index (κ1) is 20.1. The summed E-state index contributed by atoms with van der Waals surface area (Å²) in [7, 11) is 0. The van der Waals surface area contributed by atoms with Gasteiger partial charge in [-0.3, -0.25) is 9.59 Å². The van der Waals surface area contributed by atoms with Crippen LogP contribution >= 0.6 is 11.6 Å². The summed E-state index contributed by atoms with van der Waals surface area (Å²) < 4.78 is 37.4. The van der Waals surface area contributed by atoms with Gasteiger partial charge in [0, 0.05) is 25.5 Å². The summed E-state index contributed by atoms with van der Waals surface area (Å²) in [6.45, 7) is 1.24. The highest BCUT2D eigenvalue weighted by atomic mass is 35.5. The summed E-state index contributed by atoms with van der Waals surface area (Å²) in [6, 6.07) is 6.30. The van der Waals surface area contributed by atoms with Crippen LogP contribution in [0.3, 0.4) is 0 Å². The van der Waals surface area contributed by atoms with E-state index in [4.69, 9.17) is 21.1 Å². The first-order valence-electron chi connectivity index (χ1n) is 8.77. The van der Waals surface area contributed by atoms with Crippen LogP contribution in [0.5, 0.6) is 11.5 Å². The number of amides is 1. The average molecular weight is 410 g/mol. The molecule has 3 rings (SSSR count). The van der Waals surface area contributed by atoms with Crippen LogP contribution in [0.2, 0.25) is 5.02 Å². The summed E-state index contributed by atoms with van der Waals surface area (Å²) in [5.41, 5.74) is 0.652. The van der Waals surface area contributed by atoms with Crippen LogP contribution in [0, 0.1) is 11.6 Å². The largest absolute Gasteiger partial charge is 0.486 e. The van der Waals surface area contributed by atoms with Gasteiger partial charge in [0.15, 0.2) is 17.3 Å². The Bertz CT molecular complexity index is 904. The highest BCUT2D eigenvalue weighted by Gasteiger charge is 2.17. The van der Waals surface area contributed by atoms with Crippen molar-refractivity contribution in [2.45, 2.75) is 19.3 Å². The van der Waals surface area contributed by atoms with E-state index in [2.05, 4.69) is 5.32 Å². The fourth-order valence-electron chi connectivity index (χ4n) is 2.82. The van der Waals surface area contributed by atoms with Crippen molar-refractivity contribution in [3.05, 3.63) is 58.1 Å². The molecule has 1 aliphatic rings. The second kappa shape index (κ2) is 9.01. The van der Waals surface area contributed by atoms with Crippen molar-refractivity contribution < 1.29 is 27.8 Å². The van der Waals surface area contributed by atoms with E-state index in [1.54, 1.807) is 6.07 Å². The van der Waals surface area contributed by atoms with Crippen LogP contribution in [-0.4, -0.2) is 31.4 Å². The van der Waals surface area contributed by atoms with Crippen molar-refractivity contribution in [1.82, 2.24) is 5.32 Å². The number of carbonyl (C=O) groups excluding carboxylic acids is 2. The third-order valence-corrected chi connectivity index (χ3v) is 4.48. The molecule has 0 bridgehead atoms. The molecule has 0 aliphatic carbocycles. The van der Waals surface area contributed by atoms with E-state index in [1.807, 2.05) is 6.07 Å². The minimum absolute atomic E-state index is 0.0858. The number of hydrogen-bond acceptors (Lipinski definition) is 4. The summed E-state index contributed by atoms with van der Waals surface area (Å²) in [4.78, 5) is 23.9. The topological polar surface area (TPSA) is 64.6 Å². The van der Waals surface area contributed by atoms with Gasteiger partial charge in [-0.2, -0.15) is 0 Å². The van der Waals surface area contributed by atoms with Gasteiger partial charge in [-0.25, -0.2) is 8.78 Å². The molecule has 0 radical (unpaired) electrons. The maximum atomic E-state index is 13.6. The van der Waals surface area contributed by atoms with Gasteiger partial charge in [0.25, 0.3) is 0 Å². The molecule has 5 nitrogen and oxygen atoms in total. The Hall–Kier alpha value is -2.67. The highest BCUT2D eigenvalue weighted by Crippen LogP contribution is 2.38. The minimum atomic E-state index is -0.930. The van der Waals surface area contributed by atoms with Crippen molar-refractivity contribution in [2.75, 3.05) is 19.8 Å². The zero-order chi connectivity index (χ0) is 20.1. The second-order valence-corrected chi connectivity index (χ2v) is 6.66. The van der Waals surface area contributed by atoms with Gasteiger partial charge in [0.2, 0.25) is 5.91 Å². The van der Waals surface area contributed by atoms with Crippen molar-refractivity contribution >= 4 is 23.3 Å². The van der Waals surface area contributed by atoms with E-state index < -0.39 is 17.4 Å². The Kier molecular flexibility index (Phi) is 6.46. The highest BCUT2D eigenvalue weighted by molar-refractivity contribution is 6.32. The fraction of sp³-hybridized carbons (Fsp3) is 0.300. The monoisotopic (exact) mass is 409 g/mol.